The summed E-state index contributed by atoms with van der Waals surface area (Å²) < 4.78 is 1.73. The highest BCUT2D eigenvalue weighted by atomic mass is 79.9. The minimum absolute atomic E-state index is 0.0716. The predicted octanol–water partition coefficient (Wildman–Crippen LogP) is 2.86. The standard InChI is InChI=1S/C15H18BrN3O/c1-10-14(11(2)19(3)18-10)15(20)17-9-13-6-4-12(8-16)5-7-13/h4-7H,8-9H2,1-3H3,(H,17,20). The molecule has 0 spiro atoms. The lowest BCUT2D eigenvalue weighted by Crippen LogP contribution is -2.24. The number of aromatic nitrogens is 2. The fourth-order valence-corrected chi connectivity index (χ4v) is 2.49. The molecule has 0 aliphatic carbocycles. The van der Waals surface area contributed by atoms with E-state index in [1.54, 1.807) is 4.68 Å². The molecule has 1 N–H and O–H groups in total. The first-order valence-corrected chi connectivity index (χ1v) is 7.57. The van der Waals surface area contributed by atoms with Gasteiger partial charge in [-0.3, -0.25) is 9.48 Å². The Labute approximate surface area is 127 Å². The molecule has 0 aliphatic heterocycles. The Morgan fingerprint density at radius 2 is 1.85 bits per heavy atom. The average Bonchev–Trinajstić information content (AvgIpc) is 2.70. The Morgan fingerprint density at radius 3 is 2.35 bits per heavy atom. The van der Waals surface area contributed by atoms with Gasteiger partial charge in [-0.05, 0) is 25.0 Å². The van der Waals surface area contributed by atoms with E-state index in [0.717, 1.165) is 22.3 Å². The SMILES string of the molecule is Cc1nn(C)c(C)c1C(=O)NCc1ccc(CBr)cc1. The molecule has 0 saturated carbocycles. The van der Waals surface area contributed by atoms with Crippen molar-refractivity contribution in [3.8, 4) is 0 Å². The monoisotopic (exact) mass is 335 g/mol. The molecule has 1 amide bonds. The molecule has 0 radical (unpaired) electrons. The van der Waals surface area contributed by atoms with Gasteiger partial charge in [0, 0.05) is 24.6 Å². The lowest BCUT2D eigenvalue weighted by molar-refractivity contribution is 0.0949. The lowest BCUT2D eigenvalue weighted by Gasteiger charge is -2.06. The molecule has 0 saturated heterocycles. The molecule has 0 unspecified atom stereocenters. The summed E-state index contributed by atoms with van der Waals surface area (Å²) in [6.07, 6.45) is 0. The van der Waals surface area contributed by atoms with E-state index in [0.29, 0.717) is 12.1 Å². The molecule has 20 heavy (non-hydrogen) atoms. The van der Waals surface area contributed by atoms with E-state index in [1.165, 1.54) is 5.56 Å². The van der Waals surface area contributed by atoms with Gasteiger partial charge in [0.15, 0.2) is 0 Å². The lowest BCUT2D eigenvalue weighted by atomic mass is 10.1. The zero-order chi connectivity index (χ0) is 14.7. The van der Waals surface area contributed by atoms with Crippen LogP contribution < -0.4 is 5.32 Å². The van der Waals surface area contributed by atoms with Crippen LogP contribution in [0, 0.1) is 13.8 Å². The minimum atomic E-state index is -0.0716. The van der Waals surface area contributed by atoms with Crippen molar-refractivity contribution < 1.29 is 4.79 Å². The van der Waals surface area contributed by atoms with Crippen LogP contribution >= 0.6 is 15.9 Å². The number of halogens is 1. The molecule has 1 aromatic heterocycles. The first-order chi connectivity index (χ1) is 9.52. The topological polar surface area (TPSA) is 46.9 Å². The normalized spacial score (nSPS) is 10.6. The number of rotatable bonds is 4. The van der Waals surface area contributed by atoms with Crippen LogP contribution in [0.25, 0.3) is 0 Å². The highest BCUT2D eigenvalue weighted by Crippen LogP contribution is 2.12. The van der Waals surface area contributed by atoms with Crippen molar-refractivity contribution in [2.24, 2.45) is 7.05 Å². The van der Waals surface area contributed by atoms with Crippen molar-refractivity contribution >= 4 is 21.8 Å². The molecule has 0 atom stereocenters. The van der Waals surface area contributed by atoms with Crippen LogP contribution in [0.4, 0.5) is 0 Å². The third-order valence-corrected chi connectivity index (χ3v) is 4.01. The highest BCUT2D eigenvalue weighted by molar-refractivity contribution is 9.08. The van der Waals surface area contributed by atoms with Crippen LogP contribution in [0.1, 0.15) is 32.9 Å². The van der Waals surface area contributed by atoms with E-state index in [9.17, 15) is 4.79 Å². The van der Waals surface area contributed by atoms with Crippen LogP contribution in [-0.2, 0) is 18.9 Å². The summed E-state index contributed by atoms with van der Waals surface area (Å²) in [7, 11) is 1.85. The summed E-state index contributed by atoms with van der Waals surface area (Å²) in [5, 5.41) is 8.04. The van der Waals surface area contributed by atoms with Gasteiger partial charge in [-0.15, -0.1) is 0 Å². The summed E-state index contributed by atoms with van der Waals surface area (Å²) in [5.41, 5.74) is 4.62. The van der Waals surface area contributed by atoms with Crippen LogP contribution in [0.15, 0.2) is 24.3 Å². The largest absolute Gasteiger partial charge is 0.348 e. The van der Waals surface area contributed by atoms with Gasteiger partial charge in [0.1, 0.15) is 0 Å². The Bertz CT molecular complexity index is 617. The Morgan fingerprint density at radius 1 is 1.25 bits per heavy atom. The maximum atomic E-state index is 12.2. The second-order valence-corrected chi connectivity index (χ2v) is 5.36. The van der Waals surface area contributed by atoms with Crippen molar-refractivity contribution in [1.29, 1.82) is 0 Å². The molecule has 1 aromatic carbocycles. The number of carbonyl (C=O) groups excluding carboxylic acids is 1. The third-order valence-electron chi connectivity index (χ3n) is 3.37. The molecular formula is C15H18BrN3O. The van der Waals surface area contributed by atoms with Gasteiger partial charge in [-0.2, -0.15) is 5.10 Å². The smallest absolute Gasteiger partial charge is 0.255 e. The molecule has 0 aliphatic rings. The summed E-state index contributed by atoms with van der Waals surface area (Å²) in [6.45, 7) is 4.28. The zero-order valence-corrected chi connectivity index (χ0v) is 13.5. The van der Waals surface area contributed by atoms with Gasteiger partial charge in [-0.1, -0.05) is 40.2 Å². The third kappa shape index (κ3) is 3.10. The van der Waals surface area contributed by atoms with Gasteiger partial charge in [0.05, 0.1) is 11.3 Å². The van der Waals surface area contributed by atoms with Gasteiger partial charge in [-0.25, -0.2) is 0 Å². The number of hydrogen-bond donors (Lipinski definition) is 1. The van der Waals surface area contributed by atoms with E-state index in [-0.39, 0.29) is 5.91 Å². The second kappa shape index (κ2) is 6.22. The summed E-state index contributed by atoms with van der Waals surface area (Å²) >= 11 is 3.41. The van der Waals surface area contributed by atoms with Gasteiger partial charge >= 0.3 is 0 Å². The van der Waals surface area contributed by atoms with E-state index in [1.807, 2.05) is 33.0 Å². The maximum absolute atomic E-state index is 12.2. The van der Waals surface area contributed by atoms with Gasteiger partial charge in [0.25, 0.3) is 5.91 Å². The van der Waals surface area contributed by atoms with E-state index < -0.39 is 0 Å². The number of nitrogens with zero attached hydrogens (tertiary/aromatic N) is 2. The predicted molar refractivity (Wildman–Crippen MR) is 82.9 cm³/mol. The maximum Gasteiger partial charge on any atom is 0.255 e. The number of carbonyl (C=O) groups is 1. The second-order valence-electron chi connectivity index (χ2n) is 4.80. The molecular weight excluding hydrogens is 318 g/mol. The first kappa shape index (κ1) is 14.8. The fraction of sp³-hybridized carbons (Fsp3) is 0.333. The summed E-state index contributed by atoms with van der Waals surface area (Å²) in [5.74, 6) is -0.0716. The van der Waals surface area contributed by atoms with Crippen molar-refractivity contribution in [2.45, 2.75) is 25.7 Å². The quantitative estimate of drug-likeness (QED) is 0.873. The number of hydrogen-bond acceptors (Lipinski definition) is 2. The number of amides is 1. The Balaban J connectivity index is 2.04. The van der Waals surface area contributed by atoms with Crippen molar-refractivity contribution in [3.63, 3.8) is 0 Å². The summed E-state index contributed by atoms with van der Waals surface area (Å²) in [4.78, 5) is 12.2. The van der Waals surface area contributed by atoms with Crippen LogP contribution in [-0.4, -0.2) is 15.7 Å². The molecule has 4 nitrogen and oxygen atoms in total. The fourth-order valence-electron chi connectivity index (χ4n) is 2.12. The molecule has 0 bridgehead atoms. The Kier molecular flexibility index (Phi) is 4.60. The molecule has 0 fully saturated rings. The molecule has 5 heteroatoms. The number of alkyl halides is 1. The molecule has 1 heterocycles. The van der Waals surface area contributed by atoms with Crippen LogP contribution in [0.5, 0.6) is 0 Å². The number of nitrogens with one attached hydrogen (secondary N) is 1. The van der Waals surface area contributed by atoms with Gasteiger partial charge < -0.3 is 5.32 Å². The van der Waals surface area contributed by atoms with E-state index in [4.69, 9.17) is 0 Å². The molecule has 2 rings (SSSR count). The molecule has 2 aromatic rings. The highest BCUT2D eigenvalue weighted by Gasteiger charge is 2.16. The van der Waals surface area contributed by atoms with Gasteiger partial charge in [0.2, 0.25) is 0 Å². The van der Waals surface area contributed by atoms with E-state index >= 15 is 0 Å². The van der Waals surface area contributed by atoms with E-state index in [2.05, 4.69) is 38.5 Å². The minimum Gasteiger partial charge on any atom is -0.348 e. The van der Waals surface area contributed by atoms with Crippen molar-refractivity contribution in [2.75, 3.05) is 0 Å². The number of benzene rings is 1. The summed E-state index contributed by atoms with van der Waals surface area (Å²) in [6, 6.07) is 8.16. The first-order valence-electron chi connectivity index (χ1n) is 6.45. The average molecular weight is 336 g/mol. The molecule has 106 valence electrons. The Hall–Kier alpha value is -1.62. The van der Waals surface area contributed by atoms with Crippen molar-refractivity contribution in [3.05, 3.63) is 52.3 Å². The van der Waals surface area contributed by atoms with Crippen molar-refractivity contribution in [1.82, 2.24) is 15.1 Å². The zero-order valence-electron chi connectivity index (χ0n) is 11.9. The van der Waals surface area contributed by atoms with Crippen LogP contribution in [0.2, 0.25) is 0 Å². The number of aryl methyl sites for hydroxylation is 2. The van der Waals surface area contributed by atoms with Crippen LogP contribution in [0.3, 0.4) is 0 Å².